The zero-order chi connectivity index (χ0) is 13.1. The molecule has 0 aliphatic rings. The molecule has 0 aliphatic heterocycles. The quantitative estimate of drug-likeness (QED) is 0.793. The smallest absolute Gasteiger partial charge is 0.351 e. The molecular formula is C10H6BrClN2O3S. The molecule has 0 spiro atoms. The maximum Gasteiger partial charge on any atom is 0.351 e. The molecule has 0 unspecified atom stereocenters. The van der Waals surface area contributed by atoms with Crippen molar-refractivity contribution in [2.45, 2.75) is 0 Å². The third-order valence-electron chi connectivity index (χ3n) is 1.82. The van der Waals surface area contributed by atoms with E-state index in [4.69, 9.17) is 16.3 Å². The Morgan fingerprint density at radius 1 is 1.50 bits per heavy atom. The van der Waals surface area contributed by atoms with Gasteiger partial charge >= 0.3 is 5.97 Å². The van der Waals surface area contributed by atoms with E-state index in [2.05, 4.69) is 30.6 Å². The van der Waals surface area contributed by atoms with Gasteiger partial charge in [0.25, 0.3) is 5.19 Å². The van der Waals surface area contributed by atoms with Crippen LogP contribution in [0.2, 0.25) is 5.15 Å². The fourth-order valence-electron chi connectivity index (χ4n) is 1.09. The highest BCUT2D eigenvalue weighted by Gasteiger charge is 2.18. The zero-order valence-corrected chi connectivity index (χ0v) is 12.2. The molecule has 2 aromatic rings. The number of nitrogens with zero attached hydrogens (tertiary/aromatic N) is 2. The van der Waals surface area contributed by atoms with Crippen LogP contribution < -0.4 is 4.74 Å². The lowest BCUT2D eigenvalue weighted by atomic mass is 10.5. The van der Waals surface area contributed by atoms with Crippen LogP contribution in [-0.4, -0.2) is 23.0 Å². The Bertz CT molecular complexity index is 590. The maximum atomic E-state index is 11.3. The summed E-state index contributed by atoms with van der Waals surface area (Å²) < 4.78 is 10.8. The Morgan fingerprint density at radius 3 is 2.94 bits per heavy atom. The normalized spacial score (nSPS) is 10.2. The summed E-state index contributed by atoms with van der Waals surface area (Å²) in [5.74, 6) is -0.0501. The highest BCUT2D eigenvalue weighted by atomic mass is 79.9. The van der Waals surface area contributed by atoms with Gasteiger partial charge < -0.3 is 9.47 Å². The first-order valence-corrected chi connectivity index (χ1v) is 6.62. The van der Waals surface area contributed by atoms with Crippen molar-refractivity contribution >= 4 is 44.8 Å². The van der Waals surface area contributed by atoms with Gasteiger partial charge in [0.1, 0.15) is 5.75 Å². The summed E-state index contributed by atoms with van der Waals surface area (Å²) in [5.41, 5.74) is 0. The summed E-state index contributed by atoms with van der Waals surface area (Å²) in [6, 6.07) is 1.72. The molecule has 0 N–H and O–H groups in total. The van der Waals surface area contributed by atoms with Crippen LogP contribution in [-0.2, 0) is 4.74 Å². The minimum Gasteiger partial charge on any atom is -0.465 e. The largest absolute Gasteiger partial charge is 0.465 e. The number of hydrogen-bond acceptors (Lipinski definition) is 6. The highest BCUT2D eigenvalue weighted by Crippen LogP contribution is 2.32. The maximum absolute atomic E-state index is 11.3. The summed E-state index contributed by atoms with van der Waals surface area (Å²) in [6.07, 6.45) is 3.15. The second kappa shape index (κ2) is 5.64. The molecule has 2 rings (SSSR count). The number of halogens is 2. The highest BCUT2D eigenvalue weighted by molar-refractivity contribution is 9.10. The zero-order valence-electron chi connectivity index (χ0n) is 9.02. The van der Waals surface area contributed by atoms with Gasteiger partial charge in [-0.3, -0.25) is 4.98 Å². The molecule has 0 atom stereocenters. The molecule has 5 nitrogen and oxygen atoms in total. The predicted octanol–water partition coefficient (Wildman–Crippen LogP) is 3.53. The molecule has 18 heavy (non-hydrogen) atoms. The molecule has 0 saturated heterocycles. The number of methoxy groups -OCH3 is 1. The van der Waals surface area contributed by atoms with Crippen molar-refractivity contribution in [3.8, 4) is 10.9 Å². The third kappa shape index (κ3) is 2.98. The van der Waals surface area contributed by atoms with E-state index in [-0.39, 0.29) is 15.2 Å². The van der Waals surface area contributed by atoms with Gasteiger partial charge in [0.2, 0.25) is 0 Å². The number of thiazole rings is 1. The van der Waals surface area contributed by atoms with E-state index in [0.717, 1.165) is 15.8 Å². The third-order valence-corrected chi connectivity index (χ3v) is 3.55. The molecule has 0 saturated carbocycles. The van der Waals surface area contributed by atoms with Gasteiger partial charge in [0, 0.05) is 10.7 Å². The van der Waals surface area contributed by atoms with E-state index in [1.807, 2.05) is 0 Å². The first-order chi connectivity index (χ1) is 8.60. The molecule has 0 aromatic carbocycles. The standard InChI is InChI=1S/C10H6BrClN2O3S/c1-16-9(15)7-8(12)14-10(18-7)17-6-2-5(11)3-13-4-6/h2-4H,1H3. The molecule has 0 radical (unpaired) electrons. The van der Waals surface area contributed by atoms with E-state index < -0.39 is 5.97 Å². The van der Waals surface area contributed by atoms with Gasteiger partial charge in [0.15, 0.2) is 10.0 Å². The molecule has 2 heterocycles. The summed E-state index contributed by atoms with van der Waals surface area (Å²) >= 11 is 10.1. The molecular weight excluding hydrogens is 344 g/mol. The molecule has 0 amide bonds. The Morgan fingerprint density at radius 2 is 2.28 bits per heavy atom. The van der Waals surface area contributed by atoms with E-state index in [1.165, 1.54) is 13.3 Å². The van der Waals surface area contributed by atoms with Crippen LogP contribution in [0, 0.1) is 0 Å². The fraction of sp³-hybridized carbons (Fsp3) is 0.100. The first-order valence-electron chi connectivity index (χ1n) is 4.63. The van der Waals surface area contributed by atoms with Gasteiger partial charge in [-0.25, -0.2) is 4.79 Å². The van der Waals surface area contributed by atoms with Crippen molar-refractivity contribution in [3.63, 3.8) is 0 Å². The van der Waals surface area contributed by atoms with Crippen LogP contribution in [0.5, 0.6) is 10.9 Å². The van der Waals surface area contributed by atoms with Crippen LogP contribution >= 0.6 is 38.9 Å². The van der Waals surface area contributed by atoms with Crippen molar-refractivity contribution in [2.24, 2.45) is 0 Å². The summed E-state index contributed by atoms with van der Waals surface area (Å²) in [5, 5.41) is 0.310. The van der Waals surface area contributed by atoms with Gasteiger partial charge in [-0.2, -0.15) is 4.98 Å². The molecule has 94 valence electrons. The monoisotopic (exact) mass is 348 g/mol. The van der Waals surface area contributed by atoms with Crippen LogP contribution in [0.1, 0.15) is 9.67 Å². The minimum atomic E-state index is -0.542. The van der Waals surface area contributed by atoms with Crippen molar-refractivity contribution in [1.29, 1.82) is 0 Å². The topological polar surface area (TPSA) is 61.3 Å². The Balaban J connectivity index is 2.23. The lowest BCUT2D eigenvalue weighted by Crippen LogP contribution is -1.98. The lowest BCUT2D eigenvalue weighted by molar-refractivity contribution is 0.0606. The number of aromatic nitrogens is 2. The Hall–Kier alpha value is -1.18. The van der Waals surface area contributed by atoms with Crippen molar-refractivity contribution < 1.29 is 14.3 Å². The van der Waals surface area contributed by atoms with Gasteiger partial charge in [-0.15, -0.1) is 0 Å². The predicted molar refractivity (Wildman–Crippen MR) is 70.5 cm³/mol. The van der Waals surface area contributed by atoms with Gasteiger partial charge in [-0.05, 0) is 22.0 Å². The number of carbonyl (C=O) groups excluding carboxylic acids is 1. The van der Waals surface area contributed by atoms with Gasteiger partial charge in [-0.1, -0.05) is 22.9 Å². The Labute approximate surface area is 120 Å². The molecule has 0 bridgehead atoms. The number of rotatable bonds is 3. The summed E-state index contributed by atoms with van der Waals surface area (Å²) in [6.45, 7) is 0. The lowest BCUT2D eigenvalue weighted by Gasteiger charge is -2.00. The number of carbonyl (C=O) groups is 1. The fourth-order valence-corrected chi connectivity index (χ4v) is 2.50. The molecule has 0 aliphatic carbocycles. The van der Waals surface area contributed by atoms with E-state index in [9.17, 15) is 4.79 Å². The second-order valence-corrected chi connectivity index (χ2v) is 5.27. The van der Waals surface area contributed by atoms with Gasteiger partial charge in [0.05, 0.1) is 13.3 Å². The van der Waals surface area contributed by atoms with Crippen LogP contribution in [0.4, 0.5) is 0 Å². The number of pyridine rings is 1. The van der Waals surface area contributed by atoms with Crippen LogP contribution in [0.25, 0.3) is 0 Å². The number of hydrogen-bond donors (Lipinski definition) is 0. The average Bonchev–Trinajstić information content (AvgIpc) is 2.69. The molecule has 0 fully saturated rings. The van der Waals surface area contributed by atoms with Crippen molar-refractivity contribution in [3.05, 3.63) is 33.0 Å². The Kier molecular flexibility index (Phi) is 4.15. The van der Waals surface area contributed by atoms with Crippen molar-refractivity contribution in [2.75, 3.05) is 7.11 Å². The average molecular weight is 350 g/mol. The number of esters is 1. The molecule has 2 aromatic heterocycles. The number of ether oxygens (including phenoxy) is 2. The summed E-state index contributed by atoms with van der Waals surface area (Å²) in [7, 11) is 1.27. The van der Waals surface area contributed by atoms with E-state index >= 15 is 0 Å². The summed E-state index contributed by atoms with van der Waals surface area (Å²) in [4.78, 5) is 19.4. The minimum absolute atomic E-state index is 0.0600. The van der Waals surface area contributed by atoms with Crippen LogP contribution in [0.15, 0.2) is 22.9 Å². The SMILES string of the molecule is COC(=O)c1sc(Oc2cncc(Br)c2)nc1Cl. The molecule has 8 heteroatoms. The van der Waals surface area contributed by atoms with E-state index in [1.54, 1.807) is 12.3 Å². The van der Waals surface area contributed by atoms with Crippen LogP contribution in [0.3, 0.4) is 0 Å². The first kappa shape index (κ1) is 13.3. The van der Waals surface area contributed by atoms with Crippen molar-refractivity contribution in [1.82, 2.24) is 9.97 Å². The van der Waals surface area contributed by atoms with E-state index in [0.29, 0.717) is 5.75 Å². The second-order valence-electron chi connectivity index (χ2n) is 3.03.